The van der Waals surface area contributed by atoms with Crippen molar-refractivity contribution in [2.45, 2.75) is 31.7 Å². The van der Waals surface area contributed by atoms with Crippen molar-refractivity contribution in [3.05, 3.63) is 5.82 Å². The van der Waals surface area contributed by atoms with Crippen LogP contribution in [0.25, 0.3) is 0 Å². The third-order valence-corrected chi connectivity index (χ3v) is 3.40. The molecule has 1 aromatic heterocycles. The van der Waals surface area contributed by atoms with Crippen LogP contribution in [-0.4, -0.2) is 45.9 Å². The molecule has 1 aliphatic rings. The van der Waals surface area contributed by atoms with Gasteiger partial charge in [0.05, 0.1) is 18.3 Å². The molecule has 19 heavy (non-hydrogen) atoms. The van der Waals surface area contributed by atoms with Gasteiger partial charge < -0.3 is 14.7 Å². The third-order valence-electron chi connectivity index (χ3n) is 2.62. The normalized spacial score (nSPS) is 23.7. The number of hydrogen-bond donors (Lipinski definition) is 1. The Bertz CT molecular complexity index is 449. The molecule has 0 aromatic carbocycles. The molecule has 1 saturated heterocycles. The van der Waals surface area contributed by atoms with E-state index in [4.69, 9.17) is 9.84 Å². The molecule has 0 amide bonds. The van der Waals surface area contributed by atoms with Crippen molar-refractivity contribution in [1.29, 1.82) is 0 Å². The number of hydrogen-bond acceptors (Lipinski definition) is 6. The van der Waals surface area contributed by atoms with Crippen LogP contribution in [-0.2, 0) is 10.9 Å². The number of nitrogens with zero attached hydrogens (tertiary/aromatic N) is 3. The number of halogens is 3. The lowest BCUT2D eigenvalue weighted by Gasteiger charge is -2.42. The van der Waals surface area contributed by atoms with Crippen molar-refractivity contribution < 1.29 is 23.0 Å². The van der Waals surface area contributed by atoms with Crippen LogP contribution in [0.15, 0.2) is 0 Å². The molecule has 1 atom stereocenters. The fourth-order valence-electron chi connectivity index (χ4n) is 2.00. The van der Waals surface area contributed by atoms with E-state index in [2.05, 4.69) is 9.36 Å². The molecular formula is C10H14F3N3O2S. The molecule has 1 aliphatic heterocycles. The van der Waals surface area contributed by atoms with Crippen LogP contribution in [0.1, 0.15) is 19.7 Å². The topological polar surface area (TPSA) is 58.5 Å². The van der Waals surface area contributed by atoms with E-state index in [9.17, 15) is 13.2 Å². The number of aromatic nitrogens is 2. The summed E-state index contributed by atoms with van der Waals surface area (Å²) >= 11 is 0.704. The van der Waals surface area contributed by atoms with Crippen molar-refractivity contribution >= 4 is 16.7 Å². The fourth-order valence-corrected chi connectivity index (χ4v) is 2.69. The van der Waals surface area contributed by atoms with E-state index in [1.165, 1.54) is 0 Å². The second-order valence-corrected chi connectivity index (χ2v) is 5.69. The molecule has 108 valence electrons. The highest BCUT2D eigenvalue weighted by atomic mass is 32.1. The van der Waals surface area contributed by atoms with Crippen molar-refractivity contribution in [3.63, 3.8) is 0 Å². The molecule has 0 bridgehead atoms. The lowest BCUT2D eigenvalue weighted by atomic mass is 10.1. The summed E-state index contributed by atoms with van der Waals surface area (Å²) in [5.41, 5.74) is -0.560. The van der Waals surface area contributed by atoms with Gasteiger partial charge in [-0.15, -0.1) is 0 Å². The van der Waals surface area contributed by atoms with Crippen LogP contribution in [0.2, 0.25) is 0 Å². The van der Waals surface area contributed by atoms with E-state index < -0.39 is 23.7 Å². The minimum Gasteiger partial charge on any atom is -0.394 e. The standard InChI is InChI=1S/C10H14F3N3O2S/c1-9(2)5-16(3-6(4-17)18-9)8-14-7(15-19-8)10(11,12)13/h6,17H,3-5H2,1-2H3. The predicted octanol–water partition coefficient (Wildman–Crippen LogP) is 1.53. The summed E-state index contributed by atoms with van der Waals surface area (Å²) in [6.07, 6.45) is -4.98. The summed E-state index contributed by atoms with van der Waals surface area (Å²) < 4.78 is 46.3. The van der Waals surface area contributed by atoms with Gasteiger partial charge >= 0.3 is 6.18 Å². The highest BCUT2D eigenvalue weighted by Gasteiger charge is 2.39. The average molecular weight is 297 g/mol. The van der Waals surface area contributed by atoms with E-state index in [0.29, 0.717) is 24.6 Å². The molecule has 9 heteroatoms. The summed E-state index contributed by atoms with van der Waals surface area (Å²) in [6, 6.07) is 0. The van der Waals surface area contributed by atoms with Crippen LogP contribution in [0.5, 0.6) is 0 Å². The molecule has 0 radical (unpaired) electrons. The summed E-state index contributed by atoms with van der Waals surface area (Å²) in [5.74, 6) is -1.13. The number of rotatable bonds is 2. The molecule has 1 unspecified atom stereocenters. The van der Waals surface area contributed by atoms with Crippen molar-refractivity contribution in [2.24, 2.45) is 0 Å². The van der Waals surface area contributed by atoms with Crippen molar-refractivity contribution in [2.75, 3.05) is 24.6 Å². The Morgan fingerprint density at radius 3 is 2.74 bits per heavy atom. The van der Waals surface area contributed by atoms with Gasteiger partial charge in [0.2, 0.25) is 11.0 Å². The first-order chi connectivity index (χ1) is 8.71. The fraction of sp³-hybridized carbons (Fsp3) is 0.800. The zero-order chi connectivity index (χ0) is 14.3. The Balaban J connectivity index is 2.19. The minimum atomic E-state index is -4.53. The van der Waals surface area contributed by atoms with E-state index in [1.807, 2.05) is 13.8 Å². The summed E-state index contributed by atoms with van der Waals surface area (Å²) in [4.78, 5) is 5.17. The zero-order valence-electron chi connectivity index (χ0n) is 10.4. The monoisotopic (exact) mass is 297 g/mol. The van der Waals surface area contributed by atoms with Gasteiger partial charge in [-0.2, -0.15) is 22.5 Å². The molecule has 0 aliphatic carbocycles. The largest absolute Gasteiger partial charge is 0.452 e. The van der Waals surface area contributed by atoms with E-state index >= 15 is 0 Å². The molecule has 0 spiro atoms. The van der Waals surface area contributed by atoms with Crippen LogP contribution in [0.4, 0.5) is 18.3 Å². The predicted molar refractivity (Wildman–Crippen MR) is 63.2 cm³/mol. The smallest absolute Gasteiger partial charge is 0.394 e. The number of alkyl halides is 3. The van der Waals surface area contributed by atoms with Crippen LogP contribution < -0.4 is 4.90 Å². The van der Waals surface area contributed by atoms with Crippen molar-refractivity contribution in [1.82, 2.24) is 9.36 Å². The Kier molecular flexibility index (Phi) is 3.72. The van der Waals surface area contributed by atoms with E-state index in [0.717, 1.165) is 0 Å². The lowest BCUT2D eigenvalue weighted by Crippen LogP contribution is -2.54. The first-order valence-corrected chi connectivity index (χ1v) is 6.43. The van der Waals surface area contributed by atoms with Gasteiger partial charge in [-0.05, 0) is 13.8 Å². The number of morpholine rings is 1. The van der Waals surface area contributed by atoms with E-state index in [-0.39, 0.29) is 11.7 Å². The molecule has 0 saturated carbocycles. The Labute approximate surface area is 112 Å². The maximum absolute atomic E-state index is 12.5. The summed E-state index contributed by atoms with van der Waals surface area (Å²) in [7, 11) is 0. The Morgan fingerprint density at radius 2 is 2.21 bits per heavy atom. The molecule has 1 aromatic rings. The second-order valence-electron chi connectivity index (χ2n) is 4.96. The SMILES string of the molecule is CC1(C)CN(c2nc(C(F)(F)F)ns2)CC(CO)O1. The van der Waals surface area contributed by atoms with Gasteiger partial charge in [0.15, 0.2) is 0 Å². The number of aliphatic hydroxyl groups excluding tert-OH is 1. The van der Waals surface area contributed by atoms with E-state index in [1.54, 1.807) is 4.90 Å². The van der Waals surface area contributed by atoms with Gasteiger partial charge in [0, 0.05) is 24.6 Å². The molecule has 5 nitrogen and oxygen atoms in total. The highest BCUT2D eigenvalue weighted by molar-refractivity contribution is 7.09. The van der Waals surface area contributed by atoms with Crippen molar-refractivity contribution in [3.8, 4) is 0 Å². The van der Waals surface area contributed by atoms with Gasteiger partial charge in [0.1, 0.15) is 0 Å². The molecular weight excluding hydrogens is 283 g/mol. The summed E-state index contributed by atoms with van der Waals surface area (Å²) in [5, 5.41) is 9.35. The summed E-state index contributed by atoms with van der Waals surface area (Å²) in [6.45, 7) is 4.13. The van der Waals surface area contributed by atoms with Gasteiger partial charge in [-0.25, -0.2) is 0 Å². The Hall–Kier alpha value is -0.930. The second kappa shape index (κ2) is 4.88. The first-order valence-electron chi connectivity index (χ1n) is 5.66. The van der Waals surface area contributed by atoms with Crippen LogP contribution >= 0.6 is 11.5 Å². The molecule has 1 N–H and O–H groups in total. The highest BCUT2D eigenvalue weighted by Crippen LogP contribution is 2.32. The number of aliphatic hydroxyl groups is 1. The maximum atomic E-state index is 12.5. The number of ether oxygens (including phenoxy) is 1. The number of anilines is 1. The van der Waals surface area contributed by atoms with Gasteiger partial charge in [-0.3, -0.25) is 0 Å². The Morgan fingerprint density at radius 1 is 1.53 bits per heavy atom. The van der Waals surface area contributed by atoms with Gasteiger partial charge in [-0.1, -0.05) is 0 Å². The molecule has 2 heterocycles. The average Bonchev–Trinajstić information content (AvgIpc) is 2.75. The molecule has 1 fully saturated rings. The van der Waals surface area contributed by atoms with Crippen LogP contribution in [0.3, 0.4) is 0 Å². The molecule has 2 rings (SSSR count). The maximum Gasteiger partial charge on any atom is 0.452 e. The zero-order valence-corrected chi connectivity index (χ0v) is 11.3. The van der Waals surface area contributed by atoms with Gasteiger partial charge in [0.25, 0.3) is 0 Å². The van der Waals surface area contributed by atoms with Crippen LogP contribution in [0, 0.1) is 0 Å². The third kappa shape index (κ3) is 3.34. The minimum absolute atomic E-state index is 0.190. The lowest BCUT2D eigenvalue weighted by molar-refractivity contribution is -0.144. The first kappa shape index (κ1) is 14.5. The quantitative estimate of drug-likeness (QED) is 0.897.